The minimum absolute atomic E-state index is 0.000261. The molecule has 0 spiro atoms. The summed E-state index contributed by atoms with van der Waals surface area (Å²) in [6.45, 7) is 30.6. The van der Waals surface area contributed by atoms with E-state index in [9.17, 15) is 0 Å². The Balaban J connectivity index is 1.10. The molecule has 3 aliphatic heterocycles. The molecule has 1 fully saturated rings. The van der Waals surface area contributed by atoms with Gasteiger partial charge in [-0.3, -0.25) is 0 Å². The van der Waals surface area contributed by atoms with Crippen LogP contribution < -0.4 is 31.1 Å². The summed E-state index contributed by atoms with van der Waals surface area (Å²) in [6, 6.07) is 78.2. The zero-order valence-corrected chi connectivity index (χ0v) is 50.3. The monoisotopic (exact) mass is 1060 g/mol. The third kappa shape index (κ3) is 8.44. The molecular formula is C77H80BN3. The van der Waals surface area contributed by atoms with Crippen molar-refractivity contribution >= 4 is 68.6 Å². The number of benzene rings is 9. The highest BCUT2D eigenvalue weighted by Gasteiger charge is 2.61. The molecule has 1 saturated carbocycles. The molecular weight excluding hydrogens is 978 g/mol. The normalized spacial score (nSPS) is 18.5. The van der Waals surface area contributed by atoms with Crippen LogP contribution in [0.5, 0.6) is 0 Å². The molecule has 0 amide bonds. The summed E-state index contributed by atoms with van der Waals surface area (Å²) in [5.41, 5.74) is 26.4. The van der Waals surface area contributed by atoms with Gasteiger partial charge < -0.3 is 14.7 Å². The Hall–Kier alpha value is -7.56. The molecule has 4 aliphatic rings. The second kappa shape index (κ2) is 18.7. The second-order valence-corrected chi connectivity index (χ2v) is 28.4. The van der Waals surface area contributed by atoms with Gasteiger partial charge in [-0.05, 0) is 169 Å². The molecule has 0 saturated heterocycles. The summed E-state index contributed by atoms with van der Waals surface area (Å²) in [4.78, 5) is 8.09. The van der Waals surface area contributed by atoms with Gasteiger partial charge in [-0.15, -0.1) is 0 Å². The standard InChI is InChI=1S/C77H80BN3/c1-72(2,3)54-31-33-56(34-32-54)77-45-23-22-44-76(77,13)81(66-29-21-20-28-62(66)77)60-40-41-63-68(50-60)79(59-38-35-55(36-39-59)73(4,5)6)69-48-58(75(10,11)12)49-70-71(69)78(63)64-46-53(51-24-16-14-17-25-51)30-42-67(64)80(70)65-43-37-57(74(7,8)9)47-61(65)52-26-18-15-19-27-52/h14-21,24-43,46-50H,22-23,44-45H2,1-13H3. The highest BCUT2D eigenvalue weighted by Crippen LogP contribution is 2.64. The molecule has 81 heavy (non-hydrogen) atoms. The van der Waals surface area contributed by atoms with E-state index in [4.69, 9.17) is 0 Å². The Morgan fingerprint density at radius 1 is 0.370 bits per heavy atom. The van der Waals surface area contributed by atoms with Crippen LogP contribution in [0, 0.1) is 0 Å². The predicted molar refractivity (Wildman–Crippen MR) is 349 cm³/mol. The number of para-hydroxylation sites is 1. The minimum Gasteiger partial charge on any atom is -0.334 e. The van der Waals surface area contributed by atoms with Crippen LogP contribution in [0.25, 0.3) is 22.3 Å². The Labute approximate surface area is 484 Å². The molecule has 3 nitrogen and oxygen atoms in total. The van der Waals surface area contributed by atoms with E-state index in [0.29, 0.717) is 0 Å². The summed E-state index contributed by atoms with van der Waals surface area (Å²) in [7, 11) is 0. The first kappa shape index (κ1) is 52.8. The molecule has 13 rings (SSSR count). The fraction of sp³-hybridized carbons (Fsp3) is 0.299. The summed E-state index contributed by atoms with van der Waals surface area (Å²) in [6.07, 6.45) is 4.59. The number of rotatable bonds is 6. The van der Waals surface area contributed by atoms with Crippen LogP contribution in [0.4, 0.5) is 45.5 Å². The van der Waals surface area contributed by atoms with E-state index in [1.165, 1.54) is 130 Å². The van der Waals surface area contributed by atoms with E-state index in [1.807, 2.05) is 0 Å². The van der Waals surface area contributed by atoms with E-state index < -0.39 is 0 Å². The highest BCUT2D eigenvalue weighted by atomic mass is 15.3. The van der Waals surface area contributed by atoms with Gasteiger partial charge in [0.25, 0.3) is 6.71 Å². The van der Waals surface area contributed by atoms with Gasteiger partial charge in [0.05, 0.1) is 11.2 Å². The summed E-state index contributed by atoms with van der Waals surface area (Å²) in [5.74, 6) is 0. The van der Waals surface area contributed by atoms with E-state index >= 15 is 0 Å². The summed E-state index contributed by atoms with van der Waals surface area (Å²) < 4.78 is 0. The van der Waals surface area contributed by atoms with E-state index in [2.05, 4.69) is 305 Å². The van der Waals surface area contributed by atoms with Gasteiger partial charge in [0.15, 0.2) is 0 Å². The van der Waals surface area contributed by atoms with Crippen molar-refractivity contribution in [3.63, 3.8) is 0 Å². The van der Waals surface area contributed by atoms with Gasteiger partial charge >= 0.3 is 0 Å². The van der Waals surface area contributed by atoms with Crippen LogP contribution in [0.3, 0.4) is 0 Å². The van der Waals surface area contributed by atoms with Crippen molar-refractivity contribution in [2.45, 2.75) is 148 Å². The lowest BCUT2D eigenvalue weighted by Gasteiger charge is -2.52. The first-order valence-electron chi connectivity index (χ1n) is 30.0. The van der Waals surface area contributed by atoms with Crippen molar-refractivity contribution in [3.8, 4) is 22.3 Å². The molecule has 0 N–H and O–H groups in total. The lowest BCUT2D eigenvalue weighted by Crippen LogP contribution is -2.61. The number of hydrogen-bond acceptors (Lipinski definition) is 3. The van der Waals surface area contributed by atoms with Crippen LogP contribution in [0.2, 0.25) is 0 Å². The Kier molecular flexibility index (Phi) is 12.2. The molecule has 9 aromatic rings. The zero-order chi connectivity index (χ0) is 56.6. The van der Waals surface area contributed by atoms with Crippen LogP contribution in [-0.4, -0.2) is 12.3 Å². The molecule has 406 valence electrons. The molecule has 9 aromatic carbocycles. The van der Waals surface area contributed by atoms with Gasteiger partial charge in [-0.1, -0.05) is 235 Å². The van der Waals surface area contributed by atoms with Crippen molar-refractivity contribution in [1.29, 1.82) is 0 Å². The third-order valence-electron chi connectivity index (χ3n) is 19.2. The topological polar surface area (TPSA) is 9.72 Å². The van der Waals surface area contributed by atoms with Gasteiger partial charge in [-0.2, -0.15) is 0 Å². The van der Waals surface area contributed by atoms with E-state index in [0.717, 1.165) is 12.8 Å². The average Bonchev–Trinajstić information content (AvgIpc) is 2.16. The van der Waals surface area contributed by atoms with Crippen molar-refractivity contribution in [1.82, 2.24) is 0 Å². The molecule has 1 aliphatic carbocycles. The van der Waals surface area contributed by atoms with E-state index in [-0.39, 0.29) is 39.3 Å². The predicted octanol–water partition coefficient (Wildman–Crippen LogP) is 19.1. The number of fused-ring (bicyclic) bond motifs is 7. The van der Waals surface area contributed by atoms with Crippen LogP contribution >= 0.6 is 0 Å². The van der Waals surface area contributed by atoms with Crippen molar-refractivity contribution < 1.29 is 0 Å². The SMILES string of the molecule is CC(C)(C)c1ccc(N2c3cc(N4c5ccccc5C5(c6ccc(C(C)(C)C)cc6)CCCCC45C)ccc3B3c4cc(-c5ccccc5)ccc4N(c4ccc(C(C)(C)C)cc4-c4ccccc4)c4cc(C(C)(C)C)cc2c43)cc1. The van der Waals surface area contributed by atoms with E-state index in [1.54, 1.807) is 0 Å². The number of nitrogens with zero attached hydrogens (tertiary/aromatic N) is 3. The third-order valence-corrected chi connectivity index (χ3v) is 19.2. The molecule has 0 aromatic heterocycles. The molecule has 0 bridgehead atoms. The first-order valence-corrected chi connectivity index (χ1v) is 30.0. The molecule has 2 atom stereocenters. The molecule has 2 unspecified atom stereocenters. The number of hydrogen-bond donors (Lipinski definition) is 0. The fourth-order valence-corrected chi connectivity index (χ4v) is 14.7. The quantitative estimate of drug-likeness (QED) is 0.154. The highest BCUT2D eigenvalue weighted by molar-refractivity contribution is 7.00. The average molecular weight is 1060 g/mol. The van der Waals surface area contributed by atoms with Crippen LogP contribution in [-0.2, 0) is 27.1 Å². The minimum atomic E-state index is -0.230. The van der Waals surface area contributed by atoms with Crippen molar-refractivity contribution in [2.24, 2.45) is 0 Å². The zero-order valence-electron chi connectivity index (χ0n) is 50.3. The smallest absolute Gasteiger partial charge is 0.252 e. The maximum absolute atomic E-state index is 2.79. The van der Waals surface area contributed by atoms with Gasteiger partial charge in [0, 0.05) is 50.8 Å². The summed E-state index contributed by atoms with van der Waals surface area (Å²) in [5, 5.41) is 0. The fourth-order valence-electron chi connectivity index (χ4n) is 14.7. The van der Waals surface area contributed by atoms with Crippen molar-refractivity contribution in [2.75, 3.05) is 14.7 Å². The second-order valence-electron chi connectivity index (χ2n) is 28.4. The van der Waals surface area contributed by atoms with Crippen LogP contribution in [0.15, 0.2) is 200 Å². The van der Waals surface area contributed by atoms with Gasteiger partial charge in [0.1, 0.15) is 0 Å². The Morgan fingerprint density at radius 2 is 0.914 bits per heavy atom. The Morgan fingerprint density at radius 3 is 1.56 bits per heavy atom. The number of anilines is 8. The Bertz CT molecular complexity index is 3890. The maximum atomic E-state index is 2.79. The van der Waals surface area contributed by atoms with Crippen LogP contribution in [0.1, 0.15) is 149 Å². The molecule has 4 heteroatoms. The maximum Gasteiger partial charge on any atom is 0.252 e. The van der Waals surface area contributed by atoms with Gasteiger partial charge in [-0.25, -0.2) is 0 Å². The molecule has 3 heterocycles. The lowest BCUT2D eigenvalue weighted by atomic mass is 9.33. The summed E-state index contributed by atoms with van der Waals surface area (Å²) >= 11 is 0. The lowest BCUT2D eigenvalue weighted by molar-refractivity contribution is 0.215. The molecule has 0 radical (unpaired) electrons. The van der Waals surface area contributed by atoms with Crippen molar-refractivity contribution in [3.05, 3.63) is 234 Å². The largest absolute Gasteiger partial charge is 0.334 e. The first-order chi connectivity index (χ1) is 38.6. The van der Waals surface area contributed by atoms with Gasteiger partial charge in [0.2, 0.25) is 0 Å².